The summed E-state index contributed by atoms with van der Waals surface area (Å²) < 4.78 is 36.8. The zero-order valence-electron chi connectivity index (χ0n) is 14.3. The number of likely N-dealkylation sites (tertiary alicyclic amines) is 1. The number of benzene rings is 1. The van der Waals surface area contributed by atoms with E-state index in [0.717, 1.165) is 0 Å². The lowest BCUT2D eigenvalue weighted by Gasteiger charge is -2.47. The monoisotopic (exact) mass is 368 g/mol. The van der Waals surface area contributed by atoms with Crippen LogP contribution in [-0.2, 0) is 19.6 Å². The van der Waals surface area contributed by atoms with Crippen LogP contribution in [0.15, 0.2) is 30.3 Å². The van der Waals surface area contributed by atoms with Gasteiger partial charge in [0, 0.05) is 32.3 Å². The average molecular weight is 368 g/mol. The Labute approximate surface area is 148 Å². The number of hydrogen-bond acceptors (Lipinski definition) is 5. The minimum Gasteiger partial charge on any atom is -0.484 e. The molecule has 7 nitrogen and oxygen atoms in total. The van der Waals surface area contributed by atoms with Crippen molar-refractivity contribution < 1.29 is 22.7 Å². The number of nitrogens with zero attached hydrogens (tertiary/aromatic N) is 2. The van der Waals surface area contributed by atoms with Gasteiger partial charge in [0.1, 0.15) is 5.75 Å². The number of hydrogen-bond donors (Lipinski definition) is 0. The number of carbonyl (C=O) groups excluding carboxylic acids is 1. The van der Waals surface area contributed by atoms with Crippen LogP contribution < -0.4 is 4.74 Å². The van der Waals surface area contributed by atoms with Crippen molar-refractivity contribution in [1.82, 2.24) is 9.21 Å². The quantitative estimate of drug-likeness (QED) is 0.739. The summed E-state index contributed by atoms with van der Waals surface area (Å²) in [6.45, 7) is 1.96. The van der Waals surface area contributed by atoms with Gasteiger partial charge in [0.2, 0.25) is 10.0 Å². The molecule has 0 radical (unpaired) electrons. The third kappa shape index (κ3) is 4.50. The smallest absolute Gasteiger partial charge is 0.260 e. The van der Waals surface area contributed by atoms with Crippen molar-refractivity contribution >= 4 is 15.9 Å². The Balaban J connectivity index is 1.53. The van der Waals surface area contributed by atoms with E-state index in [1.54, 1.807) is 21.3 Å². The highest BCUT2D eigenvalue weighted by Gasteiger charge is 2.42. The summed E-state index contributed by atoms with van der Waals surface area (Å²) in [6.07, 6.45) is 2.65. The van der Waals surface area contributed by atoms with Gasteiger partial charge in [-0.15, -0.1) is 0 Å². The van der Waals surface area contributed by atoms with Crippen molar-refractivity contribution in [2.45, 2.75) is 24.9 Å². The van der Waals surface area contributed by atoms with Crippen LogP contribution in [0.2, 0.25) is 0 Å². The summed E-state index contributed by atoms with van der Waals surface area (Å²) in [4.78, 5) is 13.8. The van der Waals surface area contributed by atoms with E-state index in [-0.39, 0.29) is 24.6 Å². The van der Waals surface area contributed by atoms with Crippen LogP contribution >= 0.6 is 0 Å². The molecule has 8 heteroatoms. The third-order valence-corrected chi connectivity index (χ3v) is 5.98. The van der Waals surface area contributed by atoms with Crippen LogP contribution in [-0.4, -0.2) is 74.8 Å². The van der Waals surface area contributed by atoms with Crippen LogP contribution in [0.25, 0.3) is 0 Å². The second kappa shape index (κ2) is 7.72. The van der Waals surface area contributed by atoms with E-state index in [1.807, 2.05) is 18.2 Å². The van der Waals surface area contributed by atoms with E-state index < -0.39 is 10.0 Å². The maximum Gasteiger partial charge on any atom is 0.260 e. The molecule has 2 saturated heterocycles. The van der Waals surface area contributed by atoms with Gasteiger partial charge in [-0.05, 0) is 25.0 Å². The molecule has 1 aromatic rings. The zero-order valence-corrected chi connectivity index (χ0v) is 15.2. The van der Waals surface area contributed by atoms with E-state index >= 15 is 0 Å². The number of ether oxygens (including phenoxy) is 2. The number of para-hydroxylation sites is 1. The molecule has 0 unspecified atom stereocenters. The number of amides is 1. The van der Waals surface area contributed by atoms with Crippen molar-refractivity contribution in [2.75, 3.05) is 39.2 Å². The molecule has 138 valence electrons. The fraction of sp³-hybridized carbons (Fsp3) is 0.588. The average Bonchev–Trinajstić information content (AvgIpc) is 2.56. The third-order valence-electron chi connectivity index (χ3n) is 4.61. The van der Waals surface area contributed by atoms with Crippen LogP contribution in [0.3, 0.4) is 0 Å². The summed E-state index contributed by atoms with van der Waals surface area (Å²) in [5.41, 5.74) is 0. The molecule has 0 aromatic heterocycles. The van der Waals surface area contributed by atoms with Crippen molar-refractivity contribution in [3.63, 3.8) is 0 Å². The van der Waals surface area contributed by atoms with Gasteiger partial charge in [0.25, 0.3) is 5.91 Å². The first-order chi connectivity index (χ1) is 11.9. The van der Waals surface area contributed by atoms with Gasteiger partial charge < -0.3 is 14.4 Å². The molecule has 0 spiro atoms. The van der Waals surface area contributed by atoms with Crippen LogP contribution in [0.4, 0.5) is 0 Å². The molecule has 2 fully saturated rings. The number of carbonyl (C=O) groups is 1. The SMILES string of the molecule is CS(=O)(=O)N(C1CCOCC1)C1CN(C(=O)COc2ccccc2)C1. The Morgan fingerprint density at radius 3 is 2.44 bits per heavy atom. The molecule has 2 aliphatic heterocycles. The highest BCUT2D eigenvalue weighted by Crippen LogP contribution is 2.25. The van der Waals surface area contributed by atoms with Gasteiger partial charge in [0.05, 0.1) is 12.3 Å². The molecule has 2 heterocycles. The number of sulfonamides is 1. The van der Waals surface area contributed by atoms with Gasteiger partial charge in [-0.3, -0.25) is 4.79 Å². The lowest BCUT2D eigenvalue weighted by atomic mass is 10.0. The Hall–Kier alpha value is -1.64. The highest BCUT2D eigenvalue weighted by molar-refractivity contribution is 7.88. The Kier molecular flexibility index (Phi) is 5.61. The largest absolute Gasteiger partial charge is 0.484 e. The van der Waals surface area contributed by atoms with Crippen molar-refractivity contribution in [3.8, 4) is 5.75 Å². The van der Waals surface area contributed by atoms with Gasteiger partial charge >= 0.3 is 0 Å². The molecular formula is C17H24N2O5S. The molecule has 1 amide bonds. The Bertz CT molecular complexity index is 682. The van der Waals surface area contributed by atoms with Crippen LogP contribution in [0, 0.1) is 0 Å². The minimum absolute atomic E-state index is 0.0348. The Morgan fingerprint density at radius 1 is 1.20 bits per heavy atom. The topological polar surface area (TPSA) is 76.2 Å². The van der Waals surface area contributed by atoms with E-state index in [4.69, 9.17) is 9.47 Å². The summed E-state index contributed by atoms with van der Waals surface area (Å²) in [5.74, 6) is 0.522. The highest BCUT2D eigenvalue weighted by atomic mass is 32.2. The fourth-order valence-electron chi connectivity index (χ4n) is 3.35. The second-order valence-corrected chi connectivity index (χ2v) is 8.38. The normalized spacial score (nSPS) is 19.7. The van der Waals surface area contributed by atoms with Gasteiger partial charge in [0.15, 0.2) is 6.61 Å². The molecule has 0 aliphatic carbocycles. The lowest BCUT2D eigenvalue weighted by Crippen LogP contribution is -2.65. The maximum absolute atomic E-state index is 12.2. The summed E-state index contributed by atoms with van der Waals surface area (Å²) >= 11 is 0. The standard InChI is InChI=1S/C17H24N2O5S/c1-25(21,22)19(14-7-9-23-10-8-14)15-11-18(12-15)17(20)13-24-16-5-3-2-4-6-16/h2-6,14-15H,7-13H2,1H3. The fourth-order valence-corrected chi connectivity index (χ4v) is 4.78. The number of rotatable bonds is 6. The van der Waals surface area contributed by atoms with Gasteiger partial charge in [-0.2, -0.15) is 4.31 Å². The summed E-state index contributed by atoms with van der Waals surface area (Å²) in [7, 11) is -3.32. The molecular weight excluding hydrogens is 344 g/mol. The molecule has 0 atom stereocenters. The summed E-state index contributed by atoms with van der Waals surface area (Å²) in [6, 6.07) is 8.97. The first-order valence-corrected chi connectivity index (χ1v) is 10.3. The van der Waals surface area contributed by atoms with E-state index in [2.05, 4.69) is 0 Å². The Morgan fingerprint density at radius 2 is 1.84 bits per heavy atom. The molecule has 0 bridgehead atoms. The van der Waals surface area contributed by atoms with E-state index in [1.165, 1.54) is 6.26 Å². The first-order valence-electron chi connectivity index (χ1n) is 8.47. The van der Waals surface area contributed by atoms with E-state index in [0.29, 0.717) is 44.9 Å². The molecule has 25 heavy (non-hydrogen) atoms. The predicted octanol–water partition coefficient (Wildman–Crippen LogP) is 0.717. The predicted molar refractivity (Wildman–Crippen MR) is 92.8 cm³/mol. The second-order valence-electron chi connectivity index (χ2n) is 6.49. The molecule has 2 aliphatic rings. The molecule has 1 aromatic carbocycles. The van der Waals surface area contributed by atoms with Crippen LogP contribution in [0.1, 0.15) is 12.8 Å². The van der Waals surface area contributed by atoms with E-state index in [9.17, 15) is 13.2 Å². The minimum atomic E-state index is -3.32. The molecule has 0 saturated carbocycles. The van der Waals surface area contributed by atoms with Gasteiger partial charge in [-0.25, -0.2) is 8.42 Å². The van der Waals surface area contributed by atoms with Gasteiger partial charge in [-0.1, -0.05) is 18.2 Å². The first kappa shape index (κ1) is 18.2. The van der Waals surface area contributed by atoms with Crippen molar-refractivity contribution in [1.29, 1.82) is 0 Å². The lowest BCUT2D eigenvalue weighted by molar-refractivity contribution is -0.140. The maximum atomic E-state index is 12.2. The zero-order chi connectivity index (χ0) is 17.9. The van der Waals surface area contributed by atoms with Crippen molar-refractivity contribution in [2.24, 2.45) is 0 Å². The molecule has 0 N–H and O–H groups in total. The van der Waals surface area contributed by atoms with Crippen molar-refractivity contribution in [3.05, 3.63) is 30.3 Å². The molecule has 3 rings (SSSR count). The summed E-state index contributed by atoms with van der Waals surface area (Å²) in [5, 5.41) is 0. The van der Waals surface area contributed by atoms with Crippen LogP contribution in [0.5, 0.6) is 5.75 Å².